The lowest BCUT2D eigenvalue weighted by Crippen LogP contribution is -2.43. The first-order valence-electron chi connectivity index (χ1n) is 10.4. The molecule has 1 saturated heterocycles. The number of aromatic nitrogens is 2. The highest BCUT2D eigenvalue weighted by molar-refractivity contribution is 7.91. The van der Waals surface area contributed by atoms with Crippen LogP contribution in [0.25, 0.3) is 0 Å². The molecule has 1 aromatic carbocycles. The Morgan fingerprint density at radius 1 is 1.13 bits per heavy atom. The standard InChI is InChI=1S/C22H26N4O3S2/c27-22(19-9-13-26(14-10-19)31(28,29)21-7-4-16-30-21)24-11-8-20-23-12-15-25(20)17-18-5-2-1-3-6-18/h1-7,12,15-16,19H,8-11,13-14,17H2,(H,24,27). The maximum absolute atomic E-state index is 12.6. The lowest BCUT2D eigenvalue weighted by Gasteiger charge is -2.30. The van der Waals surface area contributed by atoms with Crippen LogP contribution in [0.1, 0.15) is 24.2 Å². The maximum Gasteiger partial charge on any atom is 0.252 e. The zero-order chi connectivity index (χ0) is 21.7. The van der Waals surface area contributed by atoms with Crippen molar-refractivity contribution in [3.8, 4) is 0 Å². The summed E-state index contributed by atoms with van der Waals surface area (Å²) in [5.41, 5.74) is 1.20. The Morgan fingerprint density at radius 2 is 1.90 bits per heavy atom. The van der Waals surface area contributed by atoms with Gasteiger partial charge in [0.05, 0.1) is 0 Å². The van der Waals surface area contributed by atoms with Crippen LogP contribution < -0.4 is 5.32 Å². The quantitative estimate of drug-likeness (QED) is 0.563. The van der Waals surface area contributed by atoms with Crippen LogP contribution >= 0.6 is 11.3 Å². The van der Waals surface area contributed by atoms with E-state index in [1.807, 2.05) is 24.4 Å². The molecule has 1 aliphatic rings. The van der Waals surface area contributed by atoms with Gasteiger partial charge in [0.15, 0.2) is 0 Å². The molecule has 0 atom stereocenters. The van der Waals surface area contributed by atoms with Gasteiger partial charge in [-0.1, -0.05) is 36.4 Å². The number of benzene rings is 1. The van der Waals surface area contributed by atoms with Crippen LogP contribution in [0.15, 0.2) is 64.4 Å². The third kappa shape index (κ3) is 5.23. The molecule has 1 amide bonds. The van der Waals surface area contributed by atoms with Crippen molar-refractivity contribution in [2.75, 3.05) is 19.6 Å². The molecule has 0 spiro atoms. The molecule has 3 heterocycles. The van der Waals surface area contributed by atoms with Gasteiger partial charge < -0.3 is 9.88 Å². The smallest absolute Gasteiger partial charge is 0.252 e. The van der Waals surface area contributed by atoms with Gasteiger partial charge in [-0.3, -0.25) is 4.79 Å². The minimum atomic E-state index is -3.44. The number of thiophene rings is 1. The Bertz CT molecular complexity index is 1090. The highest BCUT2D eigenvalue weighted by Gasteiger charge is 2.32. The molecular formula is C22H26N4O3S2. The van der Waals surface area contributed by atoms with E-state index < -0.39 is 10.0 Å². The summed E-state index contributed by atoms with van der Waals surface area (Å²) in [6.07, 6.45) is 5.47. The molecule has 0 unspecified atom stereocenters. The molecule has 1 fully saturated rings. The van der Waals surface area contributed by atoms with Gasteiger partial charge in [-0.05, 0) is 29.9 Å². The molecule has 1 N–H and O–H groups in total. The summed E-state index contributed by atoms with van der Waals surface area (Å²) in [6.45, 7) is 2.01. The van der Waals surface area contributed by atoms with Crippen molar-refractivity contribution in [2.24, 2.45) is 5.92 Å². The summed E-state index contributed by atoms with van der Waals surface area (Å²) in [7, 11) is -3.44. The maximum atomic E-state index is 12.6. The highest BCUT2D eigenvalue weighted by atomic mass is 32.2. The first-order chi connectivity index (χ1) is 15.0. The van der Waals surface area contributed by atoms with Crippen molar-refractivity contribution in [1.82, 2.24) is 19.2 Å². The van der Waals surface area contributed by atoms with Crippen molar-refractivity contribution in [1.29, 1.82) is 0 Å². The lowest BCUT2D eigenvalue weighted by atomic mass is 9.97. The number of carbonyl (C=O) groups is 1. The largest absolute Gasteiger partial charge is 0.355 e. The number of imidazole rings is 1. The Hall–Kier alpha value is -2.49. The van der Waals surface area contributed by atoms with Crippen molar-refractivity contribution < 1.29 is 13.2 Å². The van der Waals surface area contributed by atoms with E-state index in [2.05, 4.69) is 27.0 Å². The third-order valence-electron chi connectivity index (χ3n) is 5.56. The number of hydrogen-bond donors (Lipinski definition) is 1. The number of nitrogens with one attached hydrogen (secondary N) is 1. The normalized spacial score (nSPS) is 15.7. The van der Waals surface area contributed by atoms with Crippen molar-refractivity contribution in [3.05, 3.63) is 71.6 Å². The average Bonchev–Trinajstić information content (AvgIpc) is 3.48. The van der Waals surface area contributed by atoms with Crippen molar-refractivity contribution in [3.63, 3.8) is 0 Å². The van der Waals surface area contributed by atoms with Crippen LogP contribution in [-0.4, -0.2) is 47.8 Å². The second-order valence-electron chi connectivity index (χ2n) is 7.61. The molecule has 1 aliphatic heterocycles. The Labute approximate surface area is 186 Å². The first kappa shape index (κ1) is 21.7. The minimum absolute atomic E-state index is 0.00524. The number of piperidine rings is 1. The van der Waals surface area contributed by atoms with Crippen LogP contribution in [0.2, 0.25) is 0 Å². The SMILES string of the molecule is O=C(NCCc1nccn1Cc1ccccc1)C1CCN(S(=O)(=O)c2cccs2)CC1. The summed E-state index contributed by atoms with van der Waals surface area (Å²) in [4.78, 5) is 17.0. The fourth-order valence-corrected chi connectivity index (χ4v) is 6.44. The number of carbonyl (C=O) groups excluding carboxylic acids is 1. The van der Waals surface area contributed by atoms with Gasteiger partial charge in [0, 0.05) is 50.9 Å². The van der Waals surface area contributed by atoms with E-state index in [0.717, 1.165) is 12.4 Å². The van der Waals surface area contributed by atoms with Crippen LogP contribution in [0.3, 0.4) is 0 Å². The van der Waals surface area contributed by atoms with Gasteiger partial charge in [-0.15, -0.1) is 11.3 Å². The van der Waals surface area contributed by atoms with E-state index in [-0.39, 0.29) is 11.8 Å². The van der Waals surface area contributed by atoms with Gasteiger partial charge in [-0.2, -0.15) is 4.31 Å². The van der Waals surface area contributed by atoms with Crippen LogP contribution in [0, 0.1) is 5.92 Å². The molecule has 4 rings (SSSR count). The van der Waals surface area contributed by atoms with E-state index in [1.165, 1.54) is 21.2 Å². The van der Waals surface area contributed by atoms with E-state index in [0.29, 0.717) is 43.1 Å². The molecule has 3 aromatic rings. The van der Waals surface area contributed by atoms with E-state index >= 15 is 0 Å². The number of nitrogens with zero attached hydrogens (tertiary/aromatic N) is 3. The number of amides is 1. The molecule has 164 valence electrons. The number of hydrogen-bond acceptors (Lipinski definition) is 5. The van der Waals surface area contributed by atoms with Gasteiger partial charge in [0.25, 0.3) is 10.0 Å². The van der Waals surface area contributed by atoms with Gasteiger partial charge in [0.1, 0.15) is 10.0 Å². The molecule has 0 aliphatic carbocycles. The molecule has 0 bridgehead atoms. The monoisotopic (exact) mass is 458 g/mol. The van der Waals surface area contributed by atoms with Gasteiger partial charge in [-0.25, -0.2) is 13.4 Å². The van der Waals surface area contributed by atoms with Gasteiger partial charge >= 0.3 is 0 Å². The fourth-order valence-electron chi connectivity index (χ4n) is 3.83. The predicted octanol–water partition coefficient (Wildman–Crippen LogP) is 2.75. The summed E-state index contributed by atoms with van der Waals surface area (Å²) in [5, 5.41) is 4.77. The summed E-state index contributed by atoms with van der Waals surface area (Å²) in [6, 6.07) is 13.6. The molecule has 0 radical (unpaired) electrons. The Morgan fingerprint density at radius 3 is 2.61 bits per heavy atom. The minimum Gasteiger partial charge on any atom is -0.355 e. The van der Waals surface area contributed by atoms with Crippen molar-refractivity contribution in [2.45, 2.75) is 30.0 Å². The zero-order valence-electron chi connectivity index (χ0n) is 17.2. The first-order valence-corrected chi connectivity index (χ1v) is 12.7. The molecule has 9 heteroatoms. The molecule has 0 saturated carbocycles. The number of sulfonamides is 1. The second kappa shape index (κ2) is 9.76. The van der Waals surface area contributed by atoms with Crippen LogP contribution in [0.5, 0.6) is 0 Å². The Kier molecular flexibility index (Phi) is 6.84. The highest BCUT2D eigenvalue weighted by Crippen LogP contribution is 2.26. The summed E-state index contributed by atoms with van der Waals surface area (Å²) < 4.78 is 29.2. The predicted molar refractivity (Wildman–Crippen MR) is 120 cm³/mol. The van der Waals surface area contributed by atoms with E-state index in [9.17, 15) is 13.2 Å². The molecule has 31 heavy (non-hydrogen) atoms. The lowest BCUT2D eigenvalue weighted by molar-refractivity contribution is -0.126. The fraction of sp³-hybridized carbons (Fsp3) is 0.364. The van der Waals surface area contributed by atoms with Crippen LogP contribution in [-0.2, 0) is 27.8 Å². The van der Waals surface area contributed by atoms with E-state index in [1.54, 1.807) is 23.7 Å². The average molecular weight is 459 g/mol. The molecular weight excluding hydrogens is 432 g/mol. The Balaban J connectivity index is 1.24. The van der Waals surface area contributed by atoms with Crippen LogP contribution in [0.4, 0.5) is 0 Å². The topological polar surface area (TPSA) is 84.3 Å². The summed E-state index contributed by atoms with van der Waals surface area (Å²) >= 11 is 1.23. The zero-order valence-corrected chi connectivity index (χ0v) is 18.8. The second-order valence-corrected chi connectivity index (χ2v) is 10.7. The third-order valence-corrected chi connectivity index (χ3v) is 8.83. The van der Waals surface area contributed by atoms with Crippen molar-refractivity contribution >= 4 is 27.3 Å². The molecule has 7 nitrogen and oxygen atoms in total. The molecule has 2 aromatic heterocycles. The summed E-state index contributed by atoms with van der Waals surface area (Å²) in [5.74, 6) is 0.772. The van der Waals surface area contributed by atoms with Gasteiger partial charge in [0.2, 0.25) is 5.91 Å². The number of rotatable bonds is 8. The van der Waals surface area contributed by atoms with E-state index in [4.69, 9.17) is 0 Å².